The van der Waals surface area contributed by atoms with Crippen LogP contribution in [0.5, 0.6) is 0 Å². The molecule has 0 amide bonds. The molecular weight excluding hydrogens is 250 g/mol. The van der Waals surface area contributed by atoms with Gasteiger partial charge in [0, 0.05) is 22.7 Å². The molecular formula is C14H18ClNO2. The van der Waals surface area contributed by atoms with Crippen molar-refractivity contribution in [2.75, 3.05) is 19.5 Å². The maximum atomic E-state index is 9.49. The number of benzene rings is 1. The minimum absolute atomic E-state index is 0.0448. The number of nitrogens with one attached hydrogen (secondary N) is 1. The lowest BCUT2D eigenvalue weighted by Gasteiger charge is -2.35. The number of alkyl halides is 1. The molecule has 18 heavy (non-hydrogen) atoms. The SMILES string of the molecule is CNC(CO)C(C)(CCl)c1ccc2occc2c1. The molecule has 2 aromatic rings. The Bertz CT molecular complexity index is 521. The zero-order chi connectivity index (χ0) is 13.2. The number of likely N-dealkylation sites (N-methyl/N-ethyl adjacent to an activating group) is 1. The lowest BCUT2D eigenvalue weighted by Crippen LogP contribution is -2.49. The van der Waals surface area contributed by atoms with E-state index in [2.05, 4.69) is 18.3 Å². The smallest absolute Gasteiger partial charge is 0.133 e. The maximum Gasteiger partial charge on any atom is 0.133 e. The monoisotopic (exact) mass is 267 g/mol. The molecule has 2 atom stereocenters. The van der Waals surface area contributed by atoms with Crippen LogP contribution in [0.15, 0.2) is 34.9 Å². The average Bonchev–Trinajstić information content (AvgIpc) is 2.86. The molecule has 0 fully saturated rings. The Balaban J connectivity index is 2.47. The van der Waals surface area contributed by atoms with Crippen LogP contribution in [0.1, 0.15) is 12.5 Å². The number of halogens is 1. The van der Waals surface area contributed by atoms with Gasteiger partial charge in [-0.3, -0.25) is 0 Å². The minimum atomic E-state index is -0.323. The van der Waals surface area contributed by atoms with Gasteiger partial charge in [-0.2, -0.15) is 0 Å². The second-order valence-electron chi connectivity index (χ2n) is 4.75. The quantitative estimate of drug-likeness (QED) is 0.819. The Kier molecular flexibility index (Phi) is 3.95. The fraction of sp³-hybridized carbons (Fsp3) is 0.429. The molecule has 0 saturated heterocycles. The molecule has 0 aliphatic rings. The van der Waals surface area contributed by atoms with Crippen molar-refractivity contribution in [1.29, 1.82) is 0 Å². The average molecular weight is 268 g/mol. The molecule has 1 heterocycles. The second kappa shape index (κ2) is 5.31. The summed E-state index contributed by atoms with van der Waals surface area (Å²) in [6.45, 7) is 2.10. The van der Waals surface area contributed by atoms with E-state index in [1.54, 1.807) is 6.26 Å². The van der Waals surface area contributed by atoms with Crippen molar-refractivity contribution in [2.45, 2.75) is 18.4 Å². The van der Waals surface area contributed by atoms with Crippen LogP contribution in [-0.4, -0.2) is 30.7 Å². The highest BCUT2D eigenvalue weighted by Gasteiger charge is 2.34. The van der Waals surface area contributed by atoms with E-state index in [0.29, 0.717) is 5.88 Å². The highest BCUT2D eigenvalue weighted by Crippen LogP contribution is 2.31. The molecule has 0 spiro atoms. The van der Waals surface area contributed by atoms with Gasteiger partial charge in [0.05, 0.1) is 12.9 Å². The first-order chi connectivity index (χ1) is 8.65. The van der Waals surface area contributed by atoms with Crippen LogP contribution in [0.4, 0.5) is 0 Å². The van der Waals surface area contributed by atoms with Crippen molar-refractivity contribution in [1.82, 2.24) is 5.32 Å². The topological polar surface area (TPSA) is 45.4 Å². The van der Waals surface area contributed by atoms with Gasteiger partial charge in [0.1, 0.15) is 5.58 Å². The largest absolute Gasteiger partial charge is 0.464 e. The van der Waals surface area contributed by atoms with Gasteiger partial charge in [-0.1, -0.05) is 13.0 Å². The number of rotatable bonds is 5. The van der Waals surface area contributed by atoms with Crippen molar-refractivity contribution in [3.63, 3.8) is 0 Å². The van der Waals surface area contributed by atoms with E-state index in [1.165, 1.54) is 0 Å². The number of aliphatic hydroxyl groups is 1. The Morgan fingerprint density at radius 3 is 2.83 bits per heavy atom. The third kappa shape index (κ3) is 2.14. The lowest BCUT2D eigenvalue weighted by atomic mass is 9.77. The molecule has 0 aliphatic heterocycles. The van der Waals surface area contributed by atoms with Gasteiger partial charge in [0.15, 0.2) is 0 Å². The Morgan fingerprint density at radius 2 is 2.22 bits per heavy atom. The molecule has 2 rings (SSSR count). The molecule has 0 bridgehead atoms. The summed E-state index contributed by atoms with van der Waals surface area (Å²) in [6.07, 6.45) is 1.67. The summed E-state index contributed by atoms with van der Waals surface area (Å²) >= 11 is 6.15. The van der Waals surface area contributed by atoms with E-state index < -0.39 is 0 Å². The van der Waals surface area contributed by atoms with Gasteiger partial charge in [-0.15, -0.1) is 11.6 Å². The number of hydrogen-bond donors (Lipinski definition) is 2. The van der Waals surface area contributed by atoms with Gasteiger partial charge in [0.25, 0.3) is 0 Å². The zero-order valence-corrected chi connectivity index (χ0v) is 11.4. The lowest BCUT2D eigenvalue weighted by molar-refractivity contribution is 0.200. The molecule has 2 N–H and O–H groups in total. The van der Waals surface area contributed by atoms with Crippen LogP contribution in [0.2, 0.25) is 0 Å². The Morgan fingerprint density at radius 1 is 1.44 bits per heavy atom. The number of hydrogen-bond acceptors (Lipinski definition) is 3. The number of fused-ring (bicyclic) bond motifs is 1. The molecule has 0 radical (unpaired) electrons. The van der Waals surface area contributed by atoms with Gasteiger partial charge in [-0.05, 0) is 30.8 Å². The summed E-state index contributed by atoms with van der Waals surface area (Å²) in [5.41, 5.74) is 1.64. The molecule has 3 nitrogen and oxygen atoms in total. The van der Waals surface area contributed by atoms with Crippen molar-refractivity contribution < 1.29 is 9.52 Å². The van der Waals surface area contributed by atoms with E-state index in [1.807, 2.05) is 25.2 Å². The molecule has 1 aromatic heterocycles. The van der Waals surface area contributed by atoms with Gasteiger partial charge >= 0.3 is 0 Å². The first-order valence-electron chi connectivity index (χ1n) is 5.97. The van der Waals surface area contributed by atoms with Crippen molar-refractivity contribution >= 4 is 22.6 Å². The summed E-state index contributed by atoms with van der Waals surface area (Å²) in [5.74, 6) is 0.433. The maximum absolute atomic E-state index is 9.49. The van der Waals surface area contributed by atoms with Crippen LogP contribution in [0.25, 0.3) is 11.0 Å². The second-order valence-corrected chi connectivity index (χ2v) is 5.02. The minimum Gasteiger partial charge on any atom is -0.464 e. The van der Waals surface area contributed by atoms with Gasteiger partial charge in [-0.25, -0.2) is 0 Å². The van der Waals surface area contributed by atoms with Gasteiger partial charge in [0.2, 0.25) is 0 Å². The third-order valence-electron chi connectivity index (χ3n) is 3.69. The third-order valence-corrected chi connectivity index (χ3v) is 4.24. The molecule has 0 aliphatic carbocycles. The summed E-state index contributed by atoms with van der Waals surface area (Å²) in [7, 11) is 1.84. The predicted molar refractivity (Wildman–Crippen MR) is 74.2 cm³/mol. The van der Waals surface area contributed by atoms with Crippen LogP contribution in [0.3, 0.4) is 0 Å². The molecule has 2 unspecified atom stereocenters. The van der Waals surface area contributed by atoms with Crippen LogP contribution in [0, 0.1) is 0 Å². The standard InChI is InChI=1S/C14H18ClNO2/c1-14(9-15,13(8-17)16-2)11-3-4-12-10(7-11)5-6-18-12/h3-7,13,16-17H,8-9H2,1-2H3. The molecule has 0 saturated carbocycles. The molecule has 4 heteroatoms. The first kappa shape index (κ1) is 13.4. The normalized spacial score (nSPS) is 16.7. The number of furan rings is 1. The summed E-state index contributed by atoms with van der Waals surface area (Å²) in [5, 5.41) is 13.7. The van der Waals surface area contributed by atoms with Crippen molar-refractivity contribution in [3.05, 3.63) is 36.1 Å². The molecule has 1 aromatic carbocycles. The zero-order valence-electron chi connectivity index (χ0n) is 10.6. The Labute approximate surface area is 112 Å². The van der Waals surface area contributed by atoms with E-state index >= 15 is 0 Å². The van der Waals surface area contributed by atoms with E-state index in [-0.39, 0.29) is 18.1 Å². The summed E-state index contributed by atoms with van der Waals surface area (Å²) in [6, 6.07) is 7.87. The highest BCUT2D eigenvalue weighted by molar-refractivity contribution is 6.18. The van der Waals surface area contributed by atoms with Crippen molar-refractivity contribution in [3.8, 4) is 0 Å². The first-order valence-corrected chi connectivity index (χ1v) is 6.51. The van der Waals surface area contributed by atoms with Gasteiger partial charge < -0.3 is 14.8 Å². The van der Waals surface area contributed by atoms with Crippen molar-refractivity contribution in [2.24, 2.45) is 0 Å². The summed E-state index contributed by atoms with van der Waals surface area (Å²) in [4.78, 5) is 0. The van der Waals surface area contributed by atoms with E-state index in [9.17, 15) is 5.11 Å². The molecule has 98 valence electrons. The summed E-state index contributed by atoms with van der Waals surface area (Å²) < 4.78 is 5.33. The fourth-order valence-electron chi connectivity index (χ4n) is 2.30. The Hall–Kier alpha value is -1.03. The highest BCUT2D eigenvalue weighted by atomic mass is 35.5. The van der Waals surface area contributed by atoms with Crippen LogP contribution >= 0.6 is 11.6 Å². The van der Waals surface area contributed by atoms with Crippen LogP contribution < -0.4 is 5.32 Å². The fourth-order valence-corrected chi connectivity index (χ4v) is 2.65. The van der Waals surface area contributed by atoms with E-state index in [0.717, 1.165) is 16.5 Å². The van der Waals surface area contributed by atoms with Crippen LogP contribution in [-0.2, 0) is 5.41 Å². The van der Waals surface area contributed by atoms with E-state index in [4.69, 9.17) is 16.0 Å². The number of aliphatic hydroxyl groups excluding tert-OH is 1. The predicted octanol–water partition coefficient (Wildman–Crippen LogP) is 2.51.